The maximum atomic E-state index is 5.75. The second-order valence-electron chi connectivity index (χ2n) is 5.14. The van der Waals surface area contributed by atoms with Gasteiger partial charge >= 0.3 is 0 Å². The van der Waals surface area contributed by atoms with Gasteiger partial charge in [-0.3, -0.25) is 11.3 Å². The molecule has 2 rings (SSSR count). The van der Waals surface area contributed by atoms with Crippen molar-refractivity contribution in [2.75, 3.05) is 0 Å². The molecule has 1 unspecified atom stereocenters. The van der Waals surface area contributed by atoms with E-state index in [0.717, 1.165) is 5.92 Å². The van der Waals surface area contributed by atoms with Crippen molar-refractivity contribution in [2.45, 2.75) is 57.4 Å². The molecule has 1 saturated carbocycles. The van der Waals surface area contributed by atoms with Crippen LogP contribution in [-0.4, -0.2) is 6.04 Å². The Labute approximate surface area is 109 Å². The van der Waals surface area contributed by atoms with Crippen LogP contribution in [0.4, 0.5) is 0 Å². The maximum Gasteiger partial charge on any atom is 0.0242 e. The predicted molar refractivity (Wildman–Crippen MR) is 74.9 cm³/mol. The Morgan fingerprint density at radius 1 is 1.29 bits per heavy atom. The summed E-state index contributed by atoms with van der Waals surface area (Å²) < 4.78 is 0. The lowest BCUT2D eigenvalue weighted by Crippen LogP contribution is -2.41. The van der Waals surface area contributed by atoms with E-state index in [1.807, 2.05) is 11.3 Å². The Bertz CT molecular complexity index is 289. The van der Waals surface area contributed by atoms with Crippen molar-refractivity contribution in [3.63, 3.8) is 0 Å². The average molecular weight is 252 g/mol. The van der Waals surface area contributed by atoms with E-state index in [-0.39, 0.29) is 0 Å². The number of nitrogens with one attached hydrogen (secondary N) is 1. The minimum absolute atomic E-state index is 0.509. The van der Waals surface area contributed by atoms with E-state index in [1.54, 1.807) is 0 Å². The summed E-state index contributed by atoms with van der Waals surface area (Å²) in [5.74, 6) is 6.54. The van der Waals surface area contributed by atoms with Gasteiger partial charge in [0.2, 0.25) is 0 Å². The van der Waals surface area contributed by atoms with Crippen LogP contribution in [0, 0.1) is 5.92 Å². The highest BCUT2D eigenvalue weighted by molar-refractivity contribution is 7.09. The zero-order valence-electron chi connectivity index (χ0n) is 10.5. The van der Waals surface area contributed by atoms with Crippen molar-refractivity contribution in [2.24, 2.45) is 11.8 Å². The van der Waals surface area contributed by atoms with Gasteiger partial charge in [-0.15, -0.1) is 11.3 Å². The molecule has 1 aliphatic carbocycles. The highest BCUT2D eigenvalue weighted by Crippen LogP contribution is 2.27. The lowest BCUT2D eigenvalue weighted by Gasteiger charge is -2.25. The molecule has 0 spiro atoms. The summed E-state index contributed by atoms with van der Waals surface area (Å²) in [7, 11) is 0. The summed E-state index contributed by atoms with van der Waals surface area (Å²) >= 11 is 1.86. The Morgan fingerprint density at radius 2 is 2.06 bits per heavy atom. The van der Waals surface area contributed by atoms with E-state index < -0.39 is 0 Å². The Balaban J connectivity index is 1.82. The van der Waals surface area contributed by atoms with Crippen molar-refractivity contribution < 1.29 is 0 Å². The Kier molecular flexibility index (Phi) is 5.49. The molecule has 0 bridgehead atoms. The van der Waals surface area contributed by atoms with Gasteiger partial charge < -0.3 is 0 Å². The third-order valence-corrected chi connectivity index (χ3v) is 4.90. The van der Waals surface area contributed by atoms with Gasteiger partial charge in [0.15, 0.2) is 0 Å². The molecule has 1 heterocycles. The molecular formula is C14H24N2S. The van der Waals surface area contributed by atoms with E-state index in [2.05, 4.69) is 22.9 Å². The van der Waals surface area contributed by atoms with Crippen molar-refractivity contribution >= 4 is 11.3 Å². The molecule has 0 aromatic carbocycles. The minimum Gasteiger partial charge on any atom is -0.271 e. The number of hydrazine groups is 1. The minimum atomic E-state index is 0.509. The molecule has 96 valence electrons. The molecule has 0 radical (unpaired) electrons. The summed E-state index contributed by atoms with van der Waals surface area (Å²) in [5, 5.41) is 2.16. The molecule has 0 saturated heterocycles. The number of thiophene rings is 1. The van der Waals surface area contributed by atoms with Crippen LogP contribution in [0.1, 0.15) is 49.8 Å². The fraction of sp³-hybridized carbons (Fsp3) is 0.714. The highest BCUT2D eigenvalue weighted by Gasteiger charge is 2.21. The smallest absolute Gasteiger partial charge is 0.0242 e. The van der Waals surface area contributed by atoms with Crippen LogP contribution in [-0.2, 0) is 6.42 Å². The predicted octanol–water partition coefficient (Wildman–Crippen LogP) is 3.48. The molecule has 3 heteroatoms. The topological polar surface area (TPSA) is 38.0 Å². The lowest BCUT2D eigenvalue weighted by atomic mass is 9.89. The molecule has 1 aromatic heterocycles. The van der Waals surface area contributed by atoms with Crippen LogP contribution in [0.15, 0.2) is 17.5 Å². The number of nitrogens with two attached hydrogens (primary N) is 1. The first-order chi connectivity index (χ1) is 8.40. The maximum absolute atomic E-state index is 5.75. The normalized spacial score (nSPS) is 20.1. The molecule has 2 nitrogen and oxygen atoms in total. The molecule has 3 N–H and O–H groups in total. The summed E-state index contributed by atoms with van der Waals surface area (Å²) in [6.07, 6.45) is 10.7. The molecule has 1 fully saturated rings. The molecule has 17 heavy (non-hydrogen) atoms. The first-order valence-electron chi connectivity index (χ1n) is 6.88. The first kappa shape index (κ1) is 13.1. The molecule has 0 aliphatic heterocycles. The largest absolute Gasteiger partial charge is 0.271 e. The van der Waals surface area contributed by atoms with Crippen molar-refractivity contribution in [3.8, 4) is 0 Å². The van der Waals surface area contributed by atoms with Crippen LogP contribution >= 0.6 is 11.3 Å². The first-order valence-corrected chi connectivity index (χ1v) is 7.76. The Morgan fingerprint density at radius 3 is 2.65 bits per heavy atom. The van der Waals surface area contributed by atoms with Crippen molar-refractivity contribution in [1.82, 2.24) is 5.43 Å². The fourth-order valence-electron chi connectivity index (χ4n) is 2.92. The second-order valence-corrected chi connectivity index (χ2v) is 6.18. The molecule has 1 atom stereocenters. The third-order valence-electron chi connectivity index (χ3n) is 3.96. The van der Waals surface area contributed by atoms with Gasteiger partial charge in [-0.1, -0.05) is 31.7 Å². The van der Waals surface area contributed by atoms with Gasteiger partial charge in [0.05, 0.1) is 0 Å². The zero-order chi connectivity index (χ0) is 11.9. The standard InChI is InChI=1S/C14H24N2S/c15-16-14(10-9-13-8-5-11-17-13)12-6-3-1-2-4-7-12/h5,8,11-12,14,16H,1-4,6-7,9-10,15H2. The Hall–Kier alpha value is -0.380. The molecule has 1 aromatic rings. The van der Waals surface area contributed by atoms with Gasteiger partial charge in [0.1, 0.15) is 0 Å². The summed E-state index contributed by atoms with van der Waals surface area (Å²) in [5.41, 5.74) is 3.07. The molecule has 1 aliphatic rings. The number of hydrogen-bond donors (Lipinski definition) is 2. The van der Waals surface area contributed by atoms with Gasteiger partial charge in [-0.25, -0.2) is 0 Å². The van der Waals surface area contributed by atoms with E-state index in [1.165, 1.54) is 56.2 Å². The number of aryl methyl sites for hydroxylation is 1. The van der Waals surface area contributed by atoms with E-state index in [0.29, 0.717) is 6.04 Å². The monoisotopic (exact) mass is 252 g/mol. The number of rotatable bonds is 5. The number of hydrogen-bond acceptors (Lipinski definition) is 3. The van der Waals surface area contributed by atoms with Crippen LogP contribution < -0.4 is 11.3 Å². The van der Waals surface area contributed by atoms with Crippen LogP contribution in [0.2, 0.25) is 0 Å². The van der Waals surface area contributed by atoms with Crippen LogP contribution in [0.5, 0.6) is 0 Å². The van der Waals surface area contributed by atoms with Gasteiger partial charge in [-0.05, 0) is 43.0 Å². The summed E-state index contributed by atoms with van der Waals surface area (Å²) in [6, 6.07) is 4.87. The molecular weight excluding hydrogens is 228 g/mol. The van der Waals surface area contributed by atoms with E-state index in [4.69, 9.17) is 5.84 Å². The van der Waals surface area contributed by atoms with E-state index in [9.17, 15) is 0 Å². The zero-order valence-corrected chi connectivity index (χ0v) is 11.3. The van der Waals surface area contributed by atoms with Gasteiger partial charge in [0.25, 0.3) is 0 Å². The summed E-state index contributed by atoms with van der Waals surface area (Å²) in [4.78, 5) is 1.49. The van der Waals surface area contributed by atoms with E-state index >= 15 is 0 Å². The van der Waals surface area contributed by atoms with Crippen LogP contribution in [0.25, 0.3) is 0 Å². The molecule has 0 amide bonds. The van der Waals surface area contributed by atoms with Gasteiger partial charge in [-0.2, -0.15) is 0 Å². The summed E-state index contributed by atoms with van der Waals surface area (Å²) in [6.45, 7) is 0. The SMILES string of the molecule is NNC(CCc1cccs1)C1CCCCCC1. The average Bonchev–Trinajstić information content (AvgIpc) is 2.72. The fourth-order valence-corrected chi connectivity index (χ4v) is 3.65. The van der Waals surface area contributed by atoms with Crippen molar-refractivity contribution in [3.05, 3.63) is 22.4 Å². The lowest BCUT2D eigenvalue weighted by molar-refractivity contribution is 0.308. The second kappa shape index (κ2) is 7.14. The third kappa shape index (κ3) is 4.09. The van der Waals surface area contributed by atoms with Crippen LogP contribution in [0.3, 0.4) is 0 Å². The quantitative estimate of drug-likeness (QED) is 0.478. The van der Waals surface area contributed by atoms with Crippen molar-refractivity contribution in [1.29, 1.82) is 0 Å². The highest BCUT2D eigenvalue weighted by atomic mass is 32.1. The van der Waals surface area contributed by atoms with Gasteiger partial charge in [0, 0.05) is 10.9 Å².